The maximum Gasteiger partial charge on any atom is 0.250 e. The van der Waals surface area contributed by atoms with Crippen molar-refractivity contribution in [2.45, 2.75) is 44.3 Å². The first-order chi connectivity index (χ1) is 18.5. The van der Waals surface area contributed by atoms with Crippen molar-refractivity contribution >= 4 is 28.4 Å². The van der Waals surface area contributed by atoms with Crippen LogP contribution in [-0.4, -0.2) is 39.1 Å². The van der Waals surface area contributed by atoms with Crippen molar-refractivity contribution in [2.75, 3.05) is 13.1 Å². The summed E-state index contributed by atoms with van der Waals surface area (Å²) >= 11 is 6.76. The van der Waals surface area contributed by atoms with E-state index in [9.17, 15) is 9.59 Å². The molecule has 0 radical (unpaired) electrons. The Bertz CT molecular complexity index is 1520. The second-order valence-electron chi connectivity index (χ2n) is 10.7. The lowest BCUT2D eigenvalue weighted by molar-refractivity contribution is -0.138. The molecule has 2 aromatic carbocycles. The largest absolute Gasteiger partial charge is 0.343 e. The number of hydrogen-bond donors (Lipinski definition) is 1. The predicted molar refractivity (Wildman–Crippen MR) is 151 cm³/mol. The molecule has 1 aliphatic heterocycles. The molecule has 1 saturated heterocycles. The van der Waals surface area contributed by atoms with Gasteiger partial charge >= 0.3 is 0 Å². The highest BCUT2D eigenvalue weighted by molar-refractivity contribution is 6.35. The van der Waals surface area contributed by atoms with Crippen molar-refractivity contribution in [2.24, 2.45) is 13.0 Å². The molecule has 2 fully saturated rings. The number of benzene rings is 2. The van der Waals surface area contributed by atoms with E-state index in [0.29, 0.717) is 18.1 Å². The average Bonchev–Trinajstić information content (AvgIpc) is 3.72. The van der Waals surface area contributed by atoms with Crippen LogP contribution in [0.5, 0.6) is 0 Å². The summed E-state index contributed by atoms with van der Waals surface area (Å²) < 4.78 is 3.82. The van der Waals surface area contributed by atoms with E-state index in [2.05, 4.69) is 51.3 Å². The first-order valence-corrected chi connectivity index (χ1v) is 13.9. The van der Waals surface area contributed by atoms with Crippen LogP contribution in [0.4, 0.5) is 0 Å². The van der Waals surface area contributed by atoms with Gasteiger partial charge in [0.05, 0.1) is 16.5 Å². The Labute approximate surface area is 227 Å². The summed E-state index contributed by atoms with van der Waals surface area (Å²) in [7, 11) is 1.76. The summed E-state index contributed by atoms with van der Waals surface area (Å²) in [6, 6.07) is 20.4. The topological polar surface area (TPSA) is 59.3 Å². The van der Waals surface area contributed by atoms with Crippen molar-refractivity contribution < 1.29 is 4.79 Å². The fourth-order valence-corrected chi connectivity index (χ4v) is 6.20. The number of pyridine rings is 1. The SMILES string of the molecule is Cn1ccc([C@H]2CCNC[C@@H]2C(=O)N(Cc2cn(Cc3ccccc3)c3cccc(Cl)c23)C2CC2)cc1=O. The van der Waals surface area contributed by atoms with E-state index in [0.717, 1.165) is 54.4 Å². The van der Waals surface area contributed by atoms with E-state index >= 15 is 0 Å². The first kappa shape index (κ1) is 25.0. The van der Waals surface area contributed by atoms with Gasteiger partial charge in [0.1, 0.15) is 0 Å². The highest BCUT2D eigenvalue weighted by Crippen LogP contribution is 2.38. The van der Waals surface area contributed by atoms with E-state index in [1.54, 1.807) is 17.7 Å². The van der Waals surface area contributed by atoms with Gasteiger partial charge in [-0.2, -0.15) is 0 Å². The van der Waals surface area contributed by atoms with E-state index in [1.807, 2.05) is 30.5 Å². The number of halogens is 1. The molecule has 4 aromatic rings. The maximum absolute atomic E-state index is 14.2. The Hall–Kier alpha value is -3.35. The molecule has 1 amide bonds. The Balaban J connectivity index is 1.33. The van der Waals surface area contributed by atoms with Crippen molar-refractivity contribution in [1.82, 2.24) is 19.4 Å². The van der Waals surface area contributed by atoms with Gasteiger partial charge < -0.3 is 19.4 Å². The van der Waals surface area contributed by atoms with Crippen LogP contribution in [0.3, 0.4) is 0 Å². The molecule has 2 aromatic heterocycles. The van der Waals surface area contributed by atoms with Gasteiger partial charge in [0.15, 0.2) is 0 Å². The van der Waals surface area contributed by atoms with Gasteiger partial charge in [-0.15, -0.1) is 0 Å². The lowest BCUT2D eigenvalue weighted by Crippen LogP contribution is -2.47. The zero-order chi connectivity index (χ0) is 26.2. The Morgan fingerprint density at radius 3 is 2.66 bits per heavy atom. The number of nitrogens with one attached hydrogen (secondary N) is 1. The number of rotatable bonds is 7. The van der Waals surface area contributed by atoms with Gasteiger partial charge in [-0.3, -0.25) is 9.59 Å². The molecule has 3 heterocycles. The number of amides is 1. The Kier molecular flexibility index (Phi) is 6.85. The quantitative estimate of drug-likeness (QED) is 0.370. The highest BCUT2D eigenvalue weighted by atomic mass is 35.5. The number of carbonyl (C=O) groups excluding carboxylic acids is 1. The summed E-state index contributed by atoms with van der Waals surface area (Å²) in [5.41, 5.74) is 4.31. The van der Waals surface area contributed by atoms with Crippen LogP contribution in [0.1, 0.15) is 41.9 Å². The Morgan fingerprint density at radius 2 is 1.89 bits per heavy atom. The van der Waals surface area contributed by atoms with Gasteiger partial charge in [-0.25, -0.2) is 0 Å². The van der Waals surface area contributed by atoms with Crippen molar-refractivity contribution in [1.29, 1.82) is 0 Å². The third kappa shape index (κ3) is 4.91. The standard InChI is InChI=1S/C31H33ClN4O2/c1-34-15-13-22(16-29(34)37)25-12-14-33-17-26(25)31(38)36(24-10-11-24)20-23-19-35(18-21-6-3-2-4-7-21)28-9-5-8-27(32)30(23)28/h2-9,13,15-16,19,24-26,33H,10-12,14,17-18,20H2,1H3/t25-,26+/m1/s1. The normalized spacial score (nSPS) is 19.5. The van der Waals surface area contributed by atoms with Gasteiger partial charge in [0.2, 0.25) is 5.91 Å². The molecule has 7 heteroatoms. The summed E-state index contributed by atoms with van der Waals surface area (Å²) in [6.45, 7) is 2.74. The third-order valence-corrected chi connectivity index (χ3v) is 8.41. The number of aryl methyl sites for hydroxylation is 1. The van der Waals surface area contributed by atoms with Crippen LogP contribution in [0.25, 0.3) is 10.9 Å². The van der Waals surface area contributed by atoms with E-state index in [4.69, 9.17) is 11.6 Å². The number of aromatic nitrogens is 2. The minimum atomic E-state index is -0.204. The Morgan fingerprint density at radius 1 is 1.08 bits per heavy atom. The third-order valence-electron chi connectivity index (χ3n) is 8.10. The lowest BCUT2D eigenvalue weighted by Gasteiger charge is -2.35. The maximum atomic E-state index is 14.2. The highest BCUT2D eigenvalue weighted by Gasteiger charge is 2.40. The molecule has 0 unspecified atom stereocenters. The number of nitrogens with zero attached hydrogens (tertiary/aromatic N) is 3. The summed E-state index contributed by atoms with van der Waals surface area (Å²) in [6.07, 6.45) is 6.87. The monoisotopic (exact) mass is 528 g/mol. The van der Waals surface area contributed by atoms with Crippen LogP contribution >= 0.6 is 11.6 Å². The first-order valence-electron chi connectivity index (χ1n) is 13.5. The second-order valence-corrected chi connectivity index (χ2v) is 11.1. The molecular weight excluding hydrogens is 496 g/mol. The van der Waals surface area contributed by atoms with Crippen LogP contribution in [-0.2, 0) is 24.9 Å². The predicted octanol–water partition coefficient (Wildman–Crippen LogP) is 4.93. The molecule has 0 bridgehead atoms. The van der Waals surface area contributed by atoms with Crippen molar-refractivity contribution in [3.05, 3.63) is 105 Å². The second kappa shape index (κ2) is 10.4. The molecule has 6 rings (SSSR count). The van der Waals surface area contributed by atoms with Gasteiger partial charge in [-0.1, -0.05) is 48.0 Å². The number of piperidine rings is 1. The lowest BCUT2D eigenvalue weighted by atomic mass is 9.80. The van der Waals surface area contributed by atoms with Crippen LogP contribution in [0.15, 0.2) is 77.9 Å². The number of hydrogen-bond acceptors (Lipinski definition) is 3. The number of carbonyl (C=O) groups is 1. The minimum Gasteiger partial charge on any atom is -0.343 e. The van der Waals surface area contributed by atoms with Gasteiger partial charge in [0, 0.05) is 56.6 Å². The van der Waals surface area contributed by atoms with E-state index in [-0.39, 0.29) is 29.3 Å². The molecule has 38 heavy (non-hydrogen) atoms. The molecule has 1 N–H and O–H groups in total. The molecule has 6 nitrogen and oxygen atoms in total. The van der Waals surface area contributed by atoms with Crippen LogP contribution in [0.2, 0.25) is 5.02 Å². The fourth-order valence-electron chi connectivity index (χ4n) is 5.90. The van der Waals surface area contributed by atoms with E-state index < -0.39 is 0 Å². The molecule has 1 aliphatic carbocycles. The smallest absolute Gasteiger partial charge is 0.250 e. The zero-order valence-electron chi connectivity index (χ0n) is 21.6. The molecule has 196 valence electrons. The van der Waals surface area contributed by atoms with Gasteiger partial charge in [-0.05, 0) is 66.6 Å². The van der Waals surface area contributed by atoms with Crippen molar-refractivity contribution in [3.8, 4) is 0 Å². The summed E-state index contributed by atoms with van der Waals surface area (Å²) in [4.78, 5) is 28.7. The van der Waals surface area contributed by atoms with E-state index in [1.165, 1.54) is 5.56 Å². The van der Waals surface area contributed by atoms with Crippen molar-refractivity contribution in [3.63, 3.8) is 0 Å². The van der Waals surface area contributed by atoms with Crippen LogP contribution < -0.4 is 10.9 Å². The van der Waals surface area contributed by atoms with Crippen LogP contribution in [0, 0.1) is 5.92 Å². The fraction of sp³-hybridized carbons (Fsp3) is 0.355. The summed E-state index contributed by atoms with van der Waals surface area (Å²) in [5, 5.41) is 5.17. The molecular formula is C31H33ClN4O2. The minimum absolute atomic E-state index is 0.0295. The average molecular weight is 529 g/mol. The zero-order valence-corrected chi connectivity index (χ0v) is 22.4. The molecule has 1 saturated carbocycles. The summed E-state index contributed by atoms with van der Waals surface area (Å²) in [5.74, 6) is -0.00658. The molecule has 2 atom stereocenters. The molecule has 2 aliphatic rings. The van der Waals surface area contributed by atoms with Gasteiger partial charge in [0.25, 0.3) is 5.56 Å². The molecule has 0 spiro atoms. The number of fused-ring (bicyclic) bond motifs is 1.